The van der Waals surface area contributed by atoms with Crippen molar-refractivity contribution in [2.24, 2.45) is 0 Å². The van der Waals surface area contributed by atoms with Gasteiger partial charge in [-0.2, -0.15) is 0 Å². The monoisotopic (exact) mass is 306 g/mol. The molecule has 1 amide bonds. The van der Waals surface area contributed by atoms with E-state index in [4.69, 9.17) is 4.74 Å². The Labute approximate surface area is 134 Å². The van der Waals surface area contributed by atoms with E-state index in [0.29, 0.717) is 13.2 Å². The number of epoxide rings is 1. The summed E-state index contributed by atoms with van der Waals surface area (Å²) in [7, 11) is 0. The smallest absolute Gasteiger partial charge is 0.251 e. The molecule has 1 fully saturated rings. The van der Waals surface area contributed by atoms with Crippen molar-refractivity contribution in [3.63, 3.8) is 0 Å². The van der Waals surface area contributed by atoms with Gasteiger partial charge in [0.25, 0.3) is 5.91 Å². The van der Waals surface area contributed by atoms with Crippen LogP contribution in [0.2, 0.25) is 0 Å². The van der Waals surface area contributed by atoms with Crippen molar-refractivity contribution in [3.8, 4) is 0 Å². The second-order valence-electron chi connectivity index (χ2n) is 5.82. The number of aromatic amines is 1. The largest absolute Gasteiger partial charge is 0.363 e. The van der Waals surface area contributed by atoms with E-state index in [1.54, 1.807) is 0 Å². The first-order valence-corrected chi connectivity index (χ1v) is 7.83. The third-order valence-electron chi connectivity index (χ3n) is 4.30. The zero-order valence-electron chi connectivity index (χ0n) is 12.7. The Hall–Kier alpha value is -2.59. The molecule has 0 radical (unpaired) electrons. The fourth-order valence-electron chi connectivity index (χ4n) is 2.99. The molecule has 116 valence electrons. The van der Waals surface area contributed by atoms with E-state index >= 15 is 0 Å². The van der Waals surface area contributed by atoms with Crippen molar-refractivity contribution >= 4 is 16.8 Å². The molecule has 0 bridgehead atoms. The van der Waals surface area contributed by atoms with Crippen LogP contribution in [0.4, 0.5) is 0 Å². The lowest BCUT2D eigenvalue weighted by atomic mass is 9.91. The number of H-pyrrole nitrogens is 1. The number of aromatic nitrogens is 1. The number of nitrogens with one attached hydrogen (secondary N) is 2. The Balaban J connectivity index is 1.68. The summed E-state index contributed by atoms with van der Waals surface area (Å²) in [6.45, 7) is 1.10. The zero-order valence-corrected chi connectivity index (χ0v) is 12.7. The molecule has 2 atom stereocenters. The second kappa shape index (κ2) is 5.89. The molecule has 3 aromatic rings. The van der Waals surface area contributed by atoms with Gasteiger partial charge in [0.2, 0.25) is 0 Å². The molecule has 0 aliphatic carbocycles. The van der Waals surface area contributed by atoms with E-state index < -0.39 is 0 Å². The lowest BCUT2D eigenvalue weighted by Gasteiger charge is -2.18. The number of para-hydroxylation sites is 1. The summed E-state index contributed by atoms with van der Waals surface area (Å²) in [6.07, 6.45) is 1.79. The van der Waals surface area contributed by atoms with Crippen LogP contribution in [0.15, 0.2) is 60.8 Å². The lowest BCUT2D eigenvalue weighted by molar-refractivity contribution is -0.122. The van der Waals surface area contributed by atoms with Crippen molar-refractivity contribution in [2.45, 2.75) is 12.0 Å². The average molecular weight is 306 g/mol. The Morgan fingerprint density at radius 3 is 2.70 bits per heavy atom. The zero-order chi connectivity index (χ0) is 15.6. The molecule has 0 spiro atoms. The molecular weight excluding hydrogens is 288 g/mol. The molecule has 2 heterocycles. The van der Waals surface area contributed by atoms with Gasteiger partial charge < -0.3 is 15.0 Å². The van der Waals surface area contributed by atoms with E-state index in [9.17, 15) is 4.79 Å². The molecule has 4 nitrogen and oxygen atoms in total. The number of amides is 1. The van der Waals surface area contributed by atoms with Crippen LogP contribution >= 0.6 is 0 Å². The molecule has 1 saturated heterocycles. The van der Waals surface area contributed by atoms with Crippen LogP contribution in [0, 0.1) is 0 Å². The lowest BCUT2D eigenvalue weighted by Crippen LogP contribution is -2.32. The fraction of sp³-hybridized carbons (Fsp3) is 0.211. The minimum Gasteiger partial charge on any atom is -0.363 e. The molecule has 2 unspecified atom stereocenters. The summed E-state index contributed by atoms with van der Waals surface area (Å²) < 4.78 is 5.05. The van der Waals surface area contributed by atoms with Crippen LogP contribution in [0.5, 0.6) is 0 Å². The molecule has 2 N–H and O–H groups in total. The summed E-state index contributed by atoms with van der Waals surface area (Å²) in [6, 6.07) is 18.5. The van der Waals surface area contributed by atoms with Gasteiger partial charge in [0.15, 0.2) is 6.10 Å². The molecule has 23 heavy (non-hydrogen) atoms. The van der Waals surface area contributed by atoms with Gasteiger partial charge in [-0.15, -0.1) is 0 Å². The third kappa shape index (κ3) is 2.85. The highest BCUT2D eigenvalue weighted by Gasteiger charge is 2.31. The SMILES string of the molecule is O=C(NCC(c1ccccc1)c1c[nH]c2ccccc12)C1CO1. The maximum absolute atomic E-state index is 11.9. The standard InChI is InChI=1S/C19H18N2O2/c22-19(18-12-23-18)21-10-15(13-6-2-1-3-7-13)16-11-20-17-9-5-4-8-14(16)17/h1-9,11,15,18,20H,10,12H2,(H,21,22). The van der Waals surface area contributed by atoms with Crippen LogP contribution in [0.1, 0.15) is 17.0 Å². The van der Waals surface area contributed by atoms with E-state index in [1.165, 1.54) is 16.5 Å². The molecule has 1 aromatic heterocycles. The first-order valence-electron chi connectivity index (χ1n) is 7.83. The molecule has 4 heteroatoms. The number of hydrogen-bond donors (Lipinski definition) is 2. The fourth-order valence-corrected chi connectivity index (χ4v) is 2.99. The van der Waals surface area contributed by atoms with E-state index in [-0.39, 0.29) is 17.9 Å². The Morgan fingerprint density at radius 2 is 1.91 bits per heavy atom. The third-order valence-corrected chi connectivity index (χ3v) is 4.30. The molecule has 1 aliphatic rings. The summed E-state index contributed by atoms with van der Waals surface area (Å²) in [4.78, 5) is 15.3. The van der Waals surface area contributed by atoms with Crippen LogP contribution in [0.25, 0.3) is 10.9 Å². The first-order chi connectivity index (χ1) is 11.3. The van der Waals surface area contributed by atoms with Crippen LogP contribution < -0.4 is 5.32 Å². The van der Waals surface area contributed by atoms with E-state index in [2.05, 4.69) is 34.6 Å². The highest BCUT2D eigenvalue weighted by Crippen LogP contribution is 2.30. The maximum Gasteiger partial charge on any atom is 0.251 e. The van der Waals surface area contributed by atoms with E-state index in [1.807, 2.05) is 36.5 Å². The predicted octanol–water partition coefficient (Wildman–Crippen LogP) is 2.81. The van der Waals surface area contributed by atoms with Gasteiger partial charge in [-0.3, -0.25) is 4.79 Å². The van der Waals surface area contributed by atoms with Crippen molar-refractivity contribution in [1.82, 2.24) is 10.3 Å². The van der Waals surface area contributed by atoms with Crippen LogP contribution in [-0.2, 0) is 9.53 Å². The summed E-state index contributed by atoms with van der Waals surface area (Å²) in [5, 5.41) is 4.21. The van der Waals surface area contributed by atoms with Crippen LogP contribution in [-0.4, -0.2) is 30.1 Å². The summed E-state index contributed by atoms with van der Waals surface area (Å²) in [5.74, 6) is 0.0841. The number of fused-ring (bicyclic) bond motifs is 1. The number of carbonyl (C=O) groups is 1. The number of carbonyl (C=O) groups excluding carboxylic acids is 1. The van der Waals surface area contributed by atoms with Gasteiger partial charge in [-0.25, -0.2) is 0 Å². The van der Waals surface area contributed by atoms with Crippen molar-refractivity contribution < 1.29 is 9.53 Å². The molecule has 4 rings (SSSR count). The second-order valence-corrected chi connectivity index (χ2v) is 5.82. The highest BCUT2D eigenvalue weighted by atomic mass is 16.6. The quantitative estimate of drug-likeness (QED) is 0.712. The number of hydrogen-bond acceptors (Lipinski definition) is 2. The van der Waals surface area contributed by atoms with E-state index in [0.717, 1.165) is 5.52 Å². The highest BCUT2D eigenvalue weighted by molar-refractivity contribution is 5.85. The van der Waals surface area contributed by atoms with Crippen molar-refractivity contribution in [3.05, 3.63) is 71.9 Å². The Bertz CT molecular complexity index is 822. The molecular formula is C19H18N2O2. The topological polar surface area (TPSA) is 57.4 Å². The van der Waals surface area contributed by atoms with Gasteiger partial charge in [0, 0.05) is 29.6 Å². The summed E-state index contributed by atoms with van der Waals surface area (Å²) in [5.41, 5.74) is 3.50. The number of benzene rings is 2. The maximum atomic E-state index is 11.9. The molecule has 1 aliphatic heterocycles. The van der Waals surface area contributed by atoms with Crippen molar-refractivity contribution in [1.29, 1.82) is 0 Å². The van der Waals surface area contributed by atoms with Gasteiger partial charge in [-0.05, 0) is 17.2 Å². The summed E-state index contributed by atoms with van der Waals surface area (Å²) >= 11 is 0. The average Bonchev–Trinajstić information content (AvgIpc) is 3.37. The van der Waals surface area contributed by atoms with Crippen LogP contribution in [0.3, 0.4) is 0 Å². The normalized spacial score (nSPS) is 17.8. The number of ether oxygens (including phenoxy) is 1. The number of rotatable bonds is 5. The minimum absolute atomic E-state index is 0.0224. The van der Waals surface area contributed by atoms with Gasteiger partial charge in [0.05, 0.1) is 6.61 Å². The molecule has 0 saturated carbocycles. The minimum atomic E-state index is -0.255. The first kappa shape index (κ1) is 14.0. The van der Waals surface area contributed by atoms with Gasteiger partial charge >= 0.3 is 0 Å². The van der Waals surface area contributed by atoms with Gasteiger partial charge in [-0.1, -0.05) is 48.5 Å². The van der Waals surface area contributed by atoms with Crippen molar-refractivity contribution in [2.75, 3.05) is 13.2 Å². The predicted molar refractivity (Wildman–Crippen MR) is 89.3 cm³/mol. The van der Waals surface area contributed by atoms with Gasteiger partial charge in [0.1, 0.15) is 0 Å². The Morgan fingerprint density at radius 1 is 1.17 bits per heavy atom. The molecule has 2 aromatic carbocycles. The Kier molecular flexibility index (Phi) is 3.60.